The number of aromatic nitrogens is 2. The molecule has 10 nitrogen and oxygen atoms in total. The summed E-state index contributed by atoms with van der Waals surface area (Å²) in [6, 6.07) is 5.30. The summed E-state index contributed by atoms with van der Waals surface area (Å²) in [6.07, 6.45) is 7.72. The lowest BCUT2D eigenvalue weighted by molar-refractivity contribution is -0.125. The molecule has 5 rings (SSSR count). The van der Waals surface area contributed by atoms with Gasteiger partial charge in [0.25, 0.3) is 11.8 Å². The predicted octanol–water partition coefficient (Wildman–Crippen LogP) is 3.23. The van der Waals surface area contributed by atoms with Gasteiger partial charge in [0, 0.05) is 31.6 Å². The summed E-state index contributed by atoms with van der Waals surface area (Å²) in [5, 5.41) is 9.73. The molecular formula is C27H31ClN6O4. The Morgan fingerprint density at radius 1 is 1.29 bits per heavy atom. The van der Waals surface area contributed by atoms with Gasteiger partial charge in [-0.25, -0.2) is 4.98 Å². The third-order valence-corrected chi connectivity index (χ3v) is 7.32. The van der Waals surface area contributed by atoms with E-state index in [0.717, 1.165) is 31.5 Å². The van der Waals surface area contributed by atoms with Gasteiger partial charge in [0.2, 0.25) is 11.8 Å². The molecule has 0 radical (unpaired) electrons. The number of piperidine rings is 1. The zero-order valence-electron chi connectivity index (χ0n) is 21.6. The first kappa shape index (κ1) is 26.0. The summed E-state index contributed by atoms with van der Waals surface area (Å²) in [4.78, 5) is 36.0. The van der Waals surface area contributed by atoms with Crippen molar-refractivity contribution in [3.63, 3.8) is 0 Å². The summed E-state index contributed by atoms with van der Waals surface area (Å²) in [5.41, 5.74) is 1.71. The molecule has 0 spiro atoms. The van der Waals surface area contributed by atoms with Crippen LogP contribution in [0.5, 0.6) is 11.6 Å². The predicted molar refractivity (Wildman–Crippen MR) is 144 cm³/mol. The fraction of sp³-hybridized carbons (Fsp3) is 0.407. The van der Waals surface area contributed by atoms with Crippen molar-refractivity contribution >= 4 is 35.1 Å². The van der Waals surface area contributed by atoms with E-state index < -0.39 is 5.60 Å². The van der Waals surface area contributed by atoms with E-state index in [9.17, 15) is 9.59 Å². The fourth-order valence-corrected chi connectivity index (χ4v) is 5.17. The van der Waals surface area contributed by atoms with E-state index in [-0.39, 0.29) is 34.7 Å². The number of carbonyl (C=O) groups excluding carboxylic acids is 2. The summed E-state index contributed by atoms with van der Waals surface area (Å²) in [7, 11) is 3.30. The van der Waals surface area contributed by atoms with Crippen molar-refractivity contribution in [1.29, 1.82) is 0 Å². The standard InChI is InChI=1S/C27H31ClN6O4/c1-27(10-4-5-17-15-34(2)25(36)22(17)27)38-24-19(28)14-30-26(33-24)32-20-7-6-16(13-21(20)37-3)23(35)31-18-8-11-29-12-9-18/h4-7,13-14,18,29H,8-12,15H2,1-3H3,(H,31,35)(H,30,32,33). The number of rotatable bonds is 7. The number of carbonyl (C=O) groups is 2. The van der Waals surface area contributed by atoms with Crippen LogP contribution in [0.3, 0.4) is 0 Å². The zero-order chi connectivity index (χ0) is 26.9. The maximum atomic E-state index is 12.8. The normalized spacial score (nSPS) is 21.4. The largest absolute Gasteiger partial charge is 0.495 e. The van der Waals surface area contributed by atoms with E-state index in [1.54, 1.807) is 30.1 Å². The Bertz CT molecular complexity index is 1320. The summed E-state index contributed by atoms with van der Waals surface area (Å²) >= 11 is 6.40. The van der Waals surface area contributed by atoms with Crippen LogP contribution in [-0.2, 0) is 4.79 Å². The van der Waals surface area contributed by atoms with E-state index in [4.69, 9.17) is 21.1 Å². The molecule has 0 bridgehead atoms. The van der Waals surface area contributed by atoms with E-state index in [0.29, 0.717) is 35.5 Å². The van der Waals surface area contributed by atoms with Crippen LogP contribution in [0.4, 0.5) is 11.6 Å². The average Bonchev–Trinajstić information content (AvgIpc) is 3.21. The molecule has 0 saturated carbocycles. The smallest absolute Gasteiger partial charge is 0.254 e. The molecule has 1 aromatic heterocycles. The highest BCUT2D eigenvalue weighted by atomic mass is 35.5. The van der Waals surface area contributed by atoms with Gasteiger partial charge in [-0.2, -0.15) is 4.98 Å². The quantitative estimate of drug-likeness (QED) is 0.492. The van der Waals surface area contributed by atoms with E-state index in [1.807, 2.05) is 19.1 Å². The van der Waals surface area contributed by atoms with Crippen molar-refractivity contribution in [2.75, 3.05) is 39.1 Å². The number of anilines is 2. The molecule has 1 unspecified atom stereocenters. The molecule has 1 fully saturated rings. The minimum Gasteiger partial charge on any atom is -0.495 e. The minimum absolute atomic E-state index is 0.0654. The van der Waals surface area contributed by atoms with Crippen LogP contribution < -0.4 is 25.4 Å². The van der Waals surface area contributed by atoms with Crippen LogP contribution in [0.15, 0.2) is 47.7 Å². The maximum Gasteiger partial charge on any atom is 0.254 e. The topological polar surface area (TPSA) is 118 Å². The third kappa shape index (κ3) is 5.19. The molecule has 38 heavy (non-hydrogen) atoms. The van der Waals surface area contributed by atoms with Gasteiger partial charge in [-0.3, -0.25) is 9.59 Å². The fourth-order valence-electron chi connectivity index (χ4n) is 5.05. The number of benzene rings is 1. The molecule has 2 amide bonds. The molecule has 1 aromatic carbocycles. The van der Waals surface area contributed by atoms with E-state index >= 15 is 0 Å². The van der Waals surface area contributed by atoms with Crippen molar-refractivity contribution in [1.82, 2.24) is 25.5 Å². The lowest BCUT2D eigenvalue weighted by Crippen LogP contribution is -2.42. The summed E-state index contributed by atoms with van der Waals surface area (Å²) < 4.78 is 11.8. The maximum absolute atomic E-state index is 12.8. The summed E-state index contributed by atoms with van der Waals surface area (Å²) in [5.74, 6) is 0.643. The van der Waals surface area contributed by atoms with Crippen molar-refractivity contribution < 1.29 is 19.1 Å². The van der Waals surface area contributed by atoms with Crippen molar-refractivity contribution in [2.45, 2.75) is 37.8 Å². The van der Waals surface area contributed by atoms with Crippen LogP contribution in [0.2, 0.25) is 5.02 Å². The molecule has 1 saturated heterocycles. The van der Waals surface area contributed by atoms with Crippen molar-refractivity contribution in [3.8, 4) is 11.6 Å². The number of hydrogen-bond acceptors (Lipinski definition) is 8. The monoisotopic (exact) mass is 538 g/mol. The molecule has 2 aliphatic heterocycles. The first-order chi connectivity index (χ1) is 18.3. The van der Waals surface area contributed by atoms with Crippen LogP contribution in [0, 0.1) is 0 Å². The molecule has 2 aromatic rings. The lowest BCUT2D eigenvalue weighted by atomic mass is 9.85. The van der Waals surface area contributed by atoms with Gasteiger partial charge in [-0.15, -0.1) is 0 Å². The molecule has 1 atom stereocenters. The molecule has 11 heteroatoms. The van der Waals surface area contributed by atoms with Gasteiger partial charge in [0.15, 0.2) is 0 Å². The van der Waals surface area contributed by atoms with E-state index in [2.05, 4.69) is 25.9 Å². The highest BCUT2D eigenvalue weighted by Gasteiger charge is 2.44. The van der Waals surface area contributed by atoms with Gasteiger partial charge < -0.3 is 30.3 Å². The Kier molecular flexibility index (Phi) is 7.27. The van der Waals surface area contributed by atoms with E-state index in [1.165, 1.54) is 13.3 Å². The van der Waals surface area contributed by atoms with Crippen LogP contribution in [0.25, 0.3) is 0 Å². The Morgan fingerprint density at radius 3 is 2.84 bits per heavy atom. The van der Waals surface area contributed by atoms with Gasteiger partial charge in [-0.1, -0.05) is 23.8 Å². The average molecular weight is 539 g/mol. The van der Waals surface area contributed by atoms with Crippen LogP contribution >= 0.6 is 11.6 Å². The summed E-state index contributed by atoms with van der Waals surface area (Å²) in [6.45, 7) is 4.20. The molecular weight excluding hydrogens is 508 g/mol. The Hall–Kier alpha value is -3.63. The number of halogens is 1. The highest BCUT2D eigenvalue weighted by molar-refractivity contribution is 6.31. The molecule has 200 valence electrons. The second-order valence-corrected chi connectivity index (χ2v) is 10.3. The SMILES string of the molecule is COc1cc(C(=O)NC2CCNCC2)ccc1Nc1ncc(Cl)c(OC2(C)CC=CC3=C2C(=O)N(C)C3)n1. The van der Waals surface area contributed by atoms with Gasteiger partial charge >= 0.3 is 0 Å². The van der Waals surface area contributed by atoms with Crippen LogP contribution in [-0.4, -0.2) is 72.1 Å². The van der Waals surface area contributed by atoms with Gasteiger partial charge in [-0.05, 0) is 56.6 Å². The lowest BCUT2D eigenvalue weighted by Gasteiger charge is -2.32. The van der Waals surface area contributed by atoms with Crippen molar-refractivity contribution in [2.24, 2.45) is 0 Å². The second-order valence-electron chi connectivity index (χ2n) is 9.89. The molecule has 3 N–H and O–H groups in total. The van der Waals surface area contributed by atoms with Crippen LogP contribution in [0.1, 0.15) is 36.5 Å². The Morgan fingerprint density at radius 2 is 2.08 bits per heavy atom. The van der Waals surface area contributed by atoms with Gasteiger partial charge in [0.05, 0.1) is 24.6 Å². The first-order valence-corrected chi connectivity index (χ1v) is 13.0. The molecule has 1 aliphatic carbocycles. The number of nitrogens with one attached hydrogen (secondary N) is 3. The number of likely N-dealkylation sites (N-methyl/N-ethyl adjacent to an activating group) is 1. The Balaban J connectivity index is 1.34. The molecule has 3 aliphatic rings. The highest BCUT2D eigenvalue weighted by Crippen LogP contribution is 2.39. The number of methoxy groups -OCH3 is 1. The number of amides is 2. The van der Waals surface area contributed by atoms with Gasteiger partial charge in [0.1, 0.15) is 16.4 Å². The first-order valence-electron chi connectivity index (χ1n) is 12.6. The third-order valence-electron chi connectivity index (χ3n) is 7.06. The number of nitrogens with zero attached hydrogens (tertiary/aromatic N) is 3. The Labute approximate surface area is 226 Å². The number of hydrogen-bond donors (Lipinski definition) is 3. The zero-order valence-corrected chi connectivity index (χ0v) is 22.4. The molecule has 3 heterocycles. The number of ether oxygens (including phenoxy) is 2. The minimum atomic E-state index is -0.914. The van der Waals surface area contributed by atoms with Crippen molar-refractivity contribution in [3.05, 3.63) is 58.3 Å². The second kappa shape index (κ2) is 10.6.